The number of pyridine rings is 1. The number of halogens is 1. The molecule has 7 heteroatoms. The van der Waals surface area contributed by atoms with Crippen LogP contribution in [0, 0.1) is 6.92 Å². The van der Waals surface area contributed by atoms with Crippen molar-refractivity contribution in [2.75, 3.05) is 4.90 Å². The van der Waals surface area contributed by atoms with Crippen LogP contribution in [0.15, 0.2) is 100 Å². The first kappa shape index (κ1) is 23.0. The summed E-state index contributed by atoms with van der Waals surface area (Å²) < 4.78 is 11.9. The van der Waals surface area contributed by atoms with Crippen molar-refractivity contribution in [1.82, 2.24) is 4.98 Å². The molecule has 3 heterocycles. The molecule has 0 radical (unpaired) electrons. The summed E-state index contributed by atoms with van der Waals surface area (Å²) in [6.45, 7) is 2.28. The molecule has 0 fully saturated rings. The van der Waals surface area contributed by atoms with E-state index in [1.165, 1.54) is 4.90 Å². The minimum atomic E-state index is -0.723. The van der Waals surface area contributed by atoms with Gasteiger partial charge in [-0.25, -0.2) is 4.98 Å². The molecule has 182 valence electrons. The first-order chi connectivity index (χ1) is 18.0. The third kappa shape index (κ3) is 4.15. The maximum absolute atomic E-state index is 13.7. The number of ether oxygens (including phenoxy) is 1. The van der Waals surface area contributed by atoms with Crippen molar-refractivity contribution < 1.29 is 13.9 Å². The van der Waals surface area contributed by atoms with Crippen LogP contribution >= 0.6 is 11.6 Å². The van der Waals surface area contributed by atoms with Crippen molar-refractivity contribution in [3.8, 4) is 5.75 Å². The molecule has 5 aromatic rings. The molecular weight excluding hydrogens is 488 g/mol. The Morgan fingerprint density at radius 2 is 1.73 bits per heavy atom. The summed E-state index contributed by atoms with van der Waals surface area (Å²) in [7, 11) is 0. The SMILES string of the molecule is Cc1cccc(N2C(=O)c3oc4ccc(Cl)cc4c(=O)c3C2c2ccc(OCc3ccccc3)cc2)n1. The summed E-state index contributed by atoms with van der Waals surface area (Å²) >= 11 is 6.18. The average molecular weight is 509 g/mol. The number of anilines is 1. The van der Waals surface area contributed by atoms with Crippen molar-refractivity contribution in [2.45, 2.75) is 19.6 Å². The number of aromatic nitrogens is 1. The zero-order valence-corrected chi connectivity index (χ0v) is 20.6. The van der Waals surface area contributed by atoms with Crippen LogP contribution in [0.3, 0.4) is 0 Å². The van der Waals surface area contributed by atoms with Crippen molar-refractivity contribution in [2.24, 2.45) is 0 Å². The molecule has 1 unspecified atom stereocenters. The van der Waals surface area contributed by atoms with E-state index < -0.39 is 11.9 Å². The minimum absolute atomic E-state index is 0.0116. The van der Waals surface area contributed by atoms with Crippen LogP contribution in [0.1, 0.15) is 39.0 Å². The van der Waals surface area contributed by atoms with Crippen LogP contribution in [0.4, 0.5) is 5.82 Å². The number of aryl methyl sites for hydroxylation is 1. The van der Waals surface area contributed by atoms with Gasteiger partial charge in [-0.3, -0.25) is 14.5 Å². The first-order valence-corrected chi connectivity index (χ1v) is 12.2. The normalized spacial score (nSPS) is 14.7. The van der Waals surface area contributed by atoms with Crippen molar-refractivity contribution in [3.05, 3.63) is 134 Å². The van der Waals surface area contributed by atoms with E-state index in [0.717, 1.165) is 16.8 Å². The van der Waals surface area contributed by atoms with E-state index in [-0.39, 0.29) is 16.8 Å². The Labute approximate surface area is 217 Å². The highest BCUT2D eigenvalue weighted by molar-refractivity contribution is 6.31. The van der Waals surface area contributed by atoms with Gasteiger partial charge in [-0.2, -0.15) is 0 Å². The number of carbonyl (C=O) groups excluding carboxylic acids is 1. The van der Waals surface area contributed by atoms with E-state index in [1.54, 1.807) is 24.3 Å². The van der Waals surface area contributed by atoms with Crippen molar-refractivity contribution in [1.29, 1.82) is 0 Å². The van der Waals surface area contributed by atoms with Crippen LogP contribution in [-0.4, -0.2) is 10.9 Å². The maximum Gasteiger partial charge on any atom is 0.296 e. The average Bonchev–Trinajstić information content (AvgIpc) is 3.21. The summed E-state index contributed by atoms with van der Waals surface area (Å²) in [5.41, 5.74) is 2.82. The van der Waals surface area contributed by atoms with Gasteiger partial charge in [0.05, 0.1) is 17.0 Å². The second kappa shape index (κ2) is 9.22. The van der Waals surface area contributed by atoms with E-state index in [2.05, 4.69) is 4.98 Å². The Morgan fingerprint density at radius 3 is 2.49 bits per heavy atom. The van der Waals surface area contributed by atoms with E-state index in [4.69, 9.17) is 20.8 Å². The fourth-order valence-corrected chi connectivity index (χ4v) is 4.82. The van der Waals surface area contributed by atoms with Gasteiger partial charge in [-0.15, -0.1) is 0 Å². The number of fused-ring (bicyclic) bond motifs is 2. The van der Waals surface area contributed by atoms with E-state index in [1.807, 2.05) is 73.7 Å². The van der Waals surface area contributed by atoms with Gasteiger partial charge in [0.2, 0.25) is 5.76 Å². The summed E-state index contributed by atoms with van der Waals surface area (Å²) in [5.74, 6) is 0.705. The molecule has 1 aliphatic heterocycles. The van der Waals surface area contributed by atoms with Gasteiger partial charge in [-0.1, -0.05) is 60.1 Å². The smallest absolute Gasteiger partial charge is 0.296 e. The largest absolute Gasteiger partial charge is 0.489 e. The lowest BCUT2D eigenvalue weighted by Gasteiger charge is -2.24. The summed E-state index contributed by atoms with van der Waals surface area (Å²) in [6.07, 6.45) is 0. The Morgan fingerprint density at radius 1 is 0.946 bits per heavy atom. The zero-order valence-electron chi connectivity index (χ0n) is 19.9. The van der Waals surface area contributed by atoms with Crippen LogP contribution in [0.2, 0.25) is 5.02 Å². The zero-order chi connectivity index (χ0) is 25.5. The predicted octanol–water partition coefficient (Wildman–Crippen LogP) is 6.48. The first-order valence-electron chi connectivity index (χ1n) is 11.8. The van der Waals surface area contributed by atoms with Gasteiger partial charge in [0.15, 0.2) is 5.43 Å². The van der Waals surface area contributed by atoms with Gasteiger partial charge in [0.25, 0.3) is 5.91 Å². The van der Waals surface area contributed by atoms with Crippen molar-refractivity contribution in [3.63, 3.8) is 0 Å². The lowest BCUT2D eigenvalue weighted by molar-refractivity contribution is 0.0970. The second-order valence-corrected chi connectivity index (χ2v) is 9.31. The fraction of sp³-hybridized carbons (Fsp3) is 0.100. The quantitative estimate of drug-likeness (QED) is 0.272. The number of benzene rings is 3. The minimum Gasteiger partial charge on any atom is -0.489 e. The lowest BCUT2D eigenvalue weighted by Crippen LogP contribution is -2.30. The molecule has 0 saturated heterocycles. The Kier molecular flexibility index (Phi) is 5.74. The maximum atomic E-state index is 13.7. The molecule has 1 aliphatic rings. The molecule has 0 aliphatic carbocycles. The number of hydrogen-bond acceptors (Lipinski definition) is 5. The van der Waals surface area contributed by atoms with Crippen molar-refractivity contribution >= 4 is 34.3 Å². The van der Waals surface area contributed by atoms with E-state index >= 15 is 0 Å². The molecule has 6 nitrogen and oxygen atoms in total. The molecule has 3 aromatic carbocycles. The number of hydrogen-bond donors (Lipinski definition) is 0. The number of amides is 1. The third-order valence-electron chi connectivity index (χ3n) is 6.40. The summed E-state index contributed by atoms with van der Waals surface area (Å²) in [4.78, 5) is 33.5. The molecule has 2 aromatic heterocycles. The molecule has 0 saturated carbocycles. The lowest BCUT2D eigenvalue weighted by atomic mass is 9.98. The Bertz CT molecular complexity index is 1700. The molecule has 6 rings (SSSR count). The van der Waals surface area contributed by atoms with Gasteiger partial charge in [0, 0.05) is 10.7 Å². The Balaban J connectivity index is 1.45. The van der Waals surface area contributed by atoms with Crippen LogP contribution in [0.5, 0.6) is 5.75 Å². The number of rotatable bonds is 5. The predicted molar refractivity (Wildman–Crippen MR) is 142 cm³/mol. The highest BCUT2D eigenvalue weighted by atomic mass is 35.5. The third-order valence-corrected chi connectivity index (χ3v) is 6.63. The molecule has 0 spiro atoms. The number of nitrogens with zero attached hydrogens (tertiary/aromatic N) is 2. The van der Waals surface area contributed by atoms with Crippen LogP contribution < -0.4 is 15.1 Å². The monoisotopic (exact) mass is 508 g/mol. The second-order valence-electron chi connectivity index (χ2n) is 8.87. The molecule has 1 atom stereocenters. The fourth-order valence-electron chi connectivity index (χ4n) is 4.65. The molecule has 0 N–H and O–H groups in total. The molecule has 1 amide bonds. The standard InChI is InChI=1S/C30H21ClN2O4/c1-18-6-5-9-25(32-18)33-27(20-10-13-22(14-11-20)36-17-19-7-3-2-4-8-19)26-28(34)23-16-21(31)12-15-24(23)37-29(26)30(33)35/h2-16,27H,17H2,1H3. The van der Waals surface area contributed by atoms with Gasteiger partial charge < -0.3 is 9.15 Å². The van der Waals surface area contributed by atoms with Gasteiger partial charge in [0.1, 0.15) is 23.8 Å². The number of carbonyl (C=O) groups is 1. The van der Waals surface area contributed by atoms with Crippen LogP contribution in [0.25, 0.3) is 11.0 Å². The van der Waals surface area contributed by atoms with Crippen LogP contribution in [-0.2, 0) is 6.61 Å². The summed E-state index contributed by atoms with van der Waals surface area (Å²) in [5, 5.41) is 0.740. The van der Waals surface area contributed by atoms with Gasteiger partial charge in [-0.05, 0) is 60.5 Å². The van der Waals surface area contributed by atoms with E-state index in [0.29, 0.717) is 34.2 Å². The molecule has 37 heavy (non-hydrogen) atoms. The highest BCUT2D eigenvalue weighted by Crippen LogP contribution is 2.41. The van der Waals surface area contributed by atoms with Gasteiger partial charge >= 0.3 is 0 Å². The highest BCUT2D eigenvalue weighted by Gasteiger charge is 2.44. The Hall–Kier alpha value is -4.42. The van der Waals surface area contributed by atoms with E-state index in [9.17, 15) is 9.59 Å². The molecular formula is C30H21ClN2O4. The molecule has 0 bridgehead atoms. The topological polar surface area (TPSA) is 72.6 Å². The summed E-state index contributed by atoms with van der Waals surface area (Å²) in [6, 6.07) is 26.8.